The first-order chi connectivity index (χ1) is 18.5. The zero-order valence-electron chi connectivity index (χ0n) is 22.4. The van der Waals surface area contributed by atoms with Crippen LogP contribution < -0.4 is 19.7 Å². The lowest BCUT2D eigenvalue weighted by molar-refractivity contribution is -0.126. The fraction of sp³-hybridized carbons (Fsp3) is 0.567. The lowest BCUT2D eigenvalue weighted by Gasteiger charge is -2.30. The molecule has 6 rings (SSSR count). The van der Waals surface area contributed by atoms with Gasteiger partial charge in [0.2, 0.25) is 5.91 Å². The first-order valence-electron chi connectivity index (χ1n) is 14.2. The maximum atomic E-state index is 13.5. The fourth-order valence-corrected chi connectivity index (χ4v) is 6.33. The molecule has 0 aromatic heterocycles. The molecule has 0 radical (unpaired) electrons. The molecule has 2 N–H and O–H groups in total. The lowest BCUT2D eigenvalue weighted by atomic mass is 9.99. The van der Waals surface area contributed by atoms with Crippen LogP contribution in [0.25, 0.3) is 0 Å². The van der Waals surface area contributed by atoms with Gasteiger partial charge in [-0.05, 0) is 86.8 Å². The summed E-state index contributed by atoms with van der Waals surface area (Å²) in [7, 11) is 2.17. The predicted molar refractivity (Wildman–Crippen MR) is 147 cm³/mol. The Hall–Kier alpha value is -2.81. The molecule has 38 heavy (non-hydrogen) atoms. The van der Waals surface area contributed by atoms with Gasteiger partial charge in [-0.15, -0.1) is 0 Å². The van der Waals surface area contributed by atoms with E-state index in [1.165, 1.54) is 16.8 Å². The number of aliphatic hydroxyl groups excluding tert-OH is 1. The van der Waals surface area contributed by atoms with Gasteiger partial charge in [-0.1, -0.05) is 12.1 Å². The molecular formula is C30H40N4O4. The van der Waals surface area contributed by atoms with Gasteiger partial charge < -0.3 is 34.6 Å². The van der Waals surface area contributed by atoms with Crippen molar-refractivity contribution in [2.75, 3.05) is 64.4 Å². The van der Waals surface area contributed by atoms with Crippen molar-refractivity contribution in [3.63, 3.8) is 0 Å². The lowest BCUT2D eigenvalue weighted by Crippen LogP contribution is -2.48. The average Bonchev–Trinajstić information content (AvgIpc) is 3.64. The molecule has 0 bridgehead atoms. The normalized spacial score (nSPS) is 23.2. The van der Waals surface area contributed by atoms with Crippen LogP contribution in [0.5, 0.6) is 11.5 Å². The average molecular weight is 521 g/mol. The Morgan fingerprint density at radius 1 is 1.03 bits per heavy atom. The Morgan fingerprint density at radius 2 is 1.84 bits per heavy atom. The molecule has 4 heterocycles. The number of benzene rings is 2. The number of rotatable bonds is 7. The quantitative estimate of drug-likeness (QED) is 0.581. The van der Waals surface area contributed by atoms with E-state index in [1.807, 2.05) is 18.2 Å². The van der Waals surface area contributed by atoms with Crippen molar-refractivity contribution in [3.8, 4) is 11.5 Å². The number of anilines is 1. The number of amides is 1. The van der Waals surface area contributed by atoms with Crippen molar-refractivity contribution in [3.05, 3.63) is 53.1 Å². The maximum Gasteiger partial charge on any atom is 0.225 e. The van der Waals surface area contributed by atoms with E-state index in [1.54, 1.807) is 0 Å². The van der Waals surface area contributed by atoms with Gasteiger partial charge in [0, 0.05) is 38.4 Å². The largest absolute Gasteiger partial charge is 0.486 e. The molecule has 4 aliphatic rings. The van der Waals surface area contributed by atoms with Crippen molar-refractivity contribution < 1.29 is 19.4 Å². The molecule has 0 aliphatic carbocycles. The SMILES string of the molecule is CN1CCc2ccc(N3CCC(C(=O)NC(CN4CCCC4)C(O)c4ccc5c(c4)OCCO5)C3)cc2C1. The number of hydrogen-bond donors (Lipinski definition) is 2. The summed E-state index contributed by atoms with van der Waals surface area (Å²) in [5, 5.41) is 14.7. The number of carbonyl (C=O) groups is 1. The van der Waals surface area contributed by atoms with E-state index in [9.17, 15) is 9.90 Å². The number of likely N-dealkylation sites (tertiary alicyclic amines) is 1. The monoisotopic (exact) mass is 520 g/mol. The zero-order chi connectivity index (χ0) is 26.1. The van der Waals surface area contributed by atoms with Crippen LogP contribution in [0.3, 0.4) is 0 Å². The molecule has 2 fully saturated rings. The molecule has 8 nitrogen and oxygen atoms in total. The third-order valence-electron chi connectivity index (χ3n) is 8.59. The summed E-state index contributed by atoms with van der Waals surface area (Å²) < 4.78 is 11.4. The second-order valence-electron chi connectivity index (χ2n) is 11.3. The fourth-order valence-electron chi connectivity index (χ4n) is 6.33. The molecule has 4 aliphatic heterocycles. The second-order valence-corrected chi connectivity index (χ2v) is 11.3. The van der Waals surface area contributed by atoms with E-state index in [2.05, 4.69) is 45.3 Å². The molecule has 3 atom stereocenters. The van der Waals surface area contributed by atoms with Crippen molar-refractivity contribution >= 4 is 11.6 Å². The second kappa shape index (κ2) is 11.1. The van der Waals surface area contributed by atoms with Gasteiger partial charge >= 0.3 is 0 Å². The number of hydrogen-bond acceptors (Lipinski definition) is 7. The molecule has 8 heteroatoms. The van der Waals surface area contributed by atoms with E-state index < -0.39 is 12.1 Å². The smallest absolute Gasteiger partial charge is 0.225 e. The Kier molecular flexibility index (Phi) is 7.45. The van der Waals surface area contributed by atoms with E-state index in [-0.39, 0.29) is 11.8 Å². The minimum absolute atomic E-state index is 0.0333. The number of carbonyl (C=O) groups excluding carboxylic acids is 1. The van der Waals surface area contributed by atoms with Crippen molar-refractivity contribution in [1.29, 1.82) is 0 Å². The van der Waals surface area contributed by atoms with Crippen molar-refractivity contribution in [2.24, 2.45) is 5.92 Å². The Morgan fingerprint density at radius 3 is 2.68 bits per heavy atom. The van der Waals surface area contributed by atoms with Gasteiger partial charge in [0.15, 0.2) is 11.5 Å². The first kappa shape index (κ1) is 25.5. The van der Waals surface area contributed by atoms with E-state index in [0.29, 0.717) is 37.8 Å². The zero-order valence-corrected chi connectivity index (χ0v) is 22.4. The molecule has 1 amide bonds. The summed E-state index contributed by atoms with van der Waals surface area (Å²) in [5.74, 6) is 1.29. The van der Waals surface area contributed by atoms with Gasteiger partial charge in [-0.3, -0.25) is 4.79 Å². The number of nitrogens with one attached hydrogen (secondary N) is 1. The summed E-state index contributed by atoms with van der Waals surface area (Å²) in [5.41, 5.74) is 4.79. The van der Waals surface area contributed by atoms with Gasteiger partial charge in [0.25, 0.3) is 0 Å². The summed E-state index contributed by atoms with van der Waals surface area (Å²) in [6.45, 7) is 7.34. The van der Waals surface area contributed by atoms with Crippen molar-refractivity contribution in [1.82, 2.24) is 15.1 Å². The molecule has 2 aromatic carbocycles. The van der Waals surface area contributed by atoms with Gasteiger partial charge in [-0.2, -0.15) is 0 Å². The minimum Gasteiger partial charge on any atom is -0.486 e. The van der Waals surface area contributed by atoms with Crippen molar-refractivity contribution in [2.45, 2.75) is 44.4 Å². The highest BCUT2D eigenvalue weighted by molar-refractivity contribution is 5.80. The van der Waals surface area contributed by atoms with Crippen LogP contribution in [0.1, 0.15) is 42.1 Å². The van der Waals surface area contributed by atoms with Gasteiger partial charge in [0.1, 0.15) is 19.3 Å². The molecule has 2 saturated heterocycles. The number of aliphatic hydroxyl groups is 1. The molecule has 3 unspecified atom stereocenters. The number of nitrogens with zero attached hydrogens (tertiary/aromatic N) is 3. The highest BCUT2D eigenvalue weighted by atomic mass is 16.6. The Balaban J connectivity index is 1.14. The minimum atomic E-state index is -0.828. The molecule has 0 saturated carbocycles. The summed E-state index contributed by atoms with van der Waals surface area (Å²) in [6, 6.07) is 12.0. The number of ether oxygens (including phenoxy) is 2. The number of fused-ring (bicyclic) bond motifs is 2. The molecular weight excluding hydrogens is 480 g/mol. The van der Waals surface area contributed by atoms with Gasteiger partial charge in [0.05, 0.1) is 12.0 Å². The third kappa shape index (κ3) is 5.48. The van der Waals surface area contributed by atoms with E-state index >= 15 is 0 Å². The maximum absolute atomic E-state index is 13.5. The third-order valence-corrected chi connectivity index (χ3v) is 8.59. The highest BCUT2D eigenvalue weighted by Crippen LogP contribution is 2.34. The predicted octanol–water partition coefficient (Wildman–Crippen LogP) is 2.59. The Labute approximate surface area is 225 Å². The van der Waals surface area contributed by atoms with Crippen LogP contribution in [0, 0.1) is 5.92 Å². The van der Waals surface area contributed by atoms with Gasteiger partial charge in [-0.25, -0.2) is 0 Å². The highest BCUT2D eigenvalue weighted by Gasteiger charge is 2.33. The van der Waals surface area contributed by atoms with Crippen LogP contribution in [0.4, 0.5) is 5.69 Å². The van der Waals surface area contributed by atoms with Crippen LogP contribution in [-0.4, -0.2) is 86.4 Å². The molecule has 0 spiro atoms. The summed E-state index contributed by atoms with van der Waals surface area (Å²) in [4.78, 5) is 20.6. The van der Waals surface area contributed by atoms with Crippen LogP contribution >= 0.6 is 0 Å². The topological polar surface area (TPSA) is 77.5 Å². The Bertz CT molecular complexity index is 1150. The van der Waals surface area contributed by atoms with Crippen LogP contribution in [0.2, 0.25) is 0 Å². The number of likely N-dealkylation sites (N-methyl/N-ethyl adjacent to an activating group) is 1. The summed E-state index contributed by atoms with van der Waals surface area (Å²) in [6.07, 6.45) is 3.41. The first-order valence-corrected chi connectivity index (χ1v) is 14.2. The van der Waals surface area contributed by atoms with Crippen LogP contribution in [-0.2, 0) is 17.8 Å². The van der Waals surface area contributed by atoms with Crippen LogP contribution in [0.15, 0.2) is 36.4 Å². The standard InChI is InChI=1S/C30H40N4O4/c1-32-12-8-21-4-6-25(16-24(21)18-32)34-13-9-23(19-34)30(36)31-26(20-33-10-2-3-11-33)29(35)22-5-7-27-28(17-22)38-15-14-37-27/h4-7,16-17,23,26,29,35H,2-3,8-15,18-20H2,1H3,(H,31,36). The summed E-state index contributed by atoms with van der Waals surface area (Å²) >= 11 is 0. The van der Waals surface area contributed by atoms with E-state index in [0.717, 1.165) is 64.0 Å². The van der Waals surface area contributed by atoms with E-state index in [4.69, 9.17) is 9.47 Å². The molecule has 204 valence electrons. The molecule has 2 aromatic rings.